The number of halogens is 4. The molecule has 0 unspecified atom stereocenters. The molecule has 2 aromatic rings. The maximum Gasteiger partial charge on any atom is 0.419 e. The van der Waals surface area contributed by atoms with Gasteiger partial charge in [-0.05, 0) is 48.9 Å². The summed E-state index contributed by atoms with van der Waals surface area (Å²) in [7, 11) is 0. The Balaban J connectivity index is 1.81. The van der Waals surface area contributed by atoms with Gasteiger partial charge < -0.3 is 10.3 Å². The van der Waals surface area contributed by atoms with E-state index in [4.69, 9.17) is 0 Å². The van der Waals surface area contributed by atoms with Crippen molar-refractivity contribution in [1.29, 1.82) is 0 Å². The molecule has 1 amide bonds. The fourth-order valence-electron chi connectivity index (χ4n) is 3.57. The van der Waals surface area contributed by atoms with Crippen molar-refractivity contribution in [2.24, 2.45) is 0 Å². The topological polar surface area (TPSA) is 62.0 Å². The Morgan fingerprint density at radius 3 is 2.41 bits per heavy atom. The summed E-state index contributed by atoms with van der Waals surface area (Å²) >= 11 is 0. The van der Waals surface area contributed by atoms with Gasteiger partial charge in [-0.2, -0.15) is 13.2 Å². The van der Waals surface area contributed by atoms with Gasteiger partial charge in [0.05, 0.1) is 5.56 Å². The molecule has 1 aromatic heterocycles. The lowest BCUT2D eigenvalue weighted by molar-refractivity contribution is -0.140. The average Bonchev–Trinajstić information content (AvgIpc) is 3.41. The number of carbonyl (C=O) groups excluding carboxylic acids is 1. The van der Waals surface area contributed by atoms with Gasteiger partial charge >= 0.3 is 6.18 Å². The number of hydrogen-bond donors (Lipinski definition) is 2. The second-order valence-electron chi connectivity index (χ2n) is 7.42. The number of alkyl halides is 3. The van der Waals surface area contributed by atoms with Gasteiger partial charge in [0.1, 0.15) is 5.82 Å². The molecule has 0 bridgehead atoms. The number of benzene rings is 1. The summed E-state index contributed by atoms with van der Waals surface area (Å²) in [6, 6.07) is 5.67. The minimum atomic E-state index is -4.85. The van der Waals surface area contributed by atoms with Crippen LogP contribution in [-0.4, -0.2) is 16.9 Å². The summed E-state index contributed by atoms with van der Waals surface area (Å²) < 4.78 is 53.3. The Bertz CT molecular complexity index is 1050. The van der Waals surface area contributed by atoms with Gasteiger partial charge in [0.25, 0.3) is 5.56 Å². The molecule has 2 fully saturated rings. The SMILES string of the molecule is O=C1CC[C@H](C=C(c2ccc(F)c(C(F)(F)F)c2)c2ccc(C3CC3)c(=O)[nH]2)N1. The van der Waals surface area contributed by atoms with Crippen molar-refractivity contribution in [3.63, 3.8) is 0 Å². The lowest BCUT2D eigenvalue weighted by Crippen LogP contribution is -2.24. The van der Waals surface area contributed by atoms with Gasteiger partial charge in [-0.25, -0.2) is 4.39 Å². The van der Waals surface area contributed by atoms with Crippen molar-refractivity contribution >= 4 is 11.5 Å². The van der Waals surface area contributed by atoms with Crippen molar-refractivity contribution in [2.75, 3.05) is 0 Å². The number of nitrogens with one attached hydrogen (secondary N) is 2. The first-order valence-corrected chi connectivity index (χ1v) is 9.34. The maximum atomic E-state index is 13.7. The van der Waals surface area contributed by atoms with Crippen LogP contribution in [0.5, 0.6) is 0 Å². The van der Waals surface area contributed by atoms with E-state index in [0.29, 0.717) is 29.7 Å². The molecule has 0 spiro atoms. The third-order valence-electron chi connectivity index (χ3n) is 5.23. The van der Waals surface area contributed by atoms with Gasteiger partial charge in [0.2, 0.25) is 5.91 Å². The minimum absolute atomic E-state index is 0.106. The molecule has 8 heteroatoms. The molecule has 1 saturated heterocycles. The van der Waals surface area contributed by atoms with Crippen molar-refractivity contribution in [2.45, 2.75) is 43.8 Å². The summed E-state index contributed by atoms with van der Waals surface area (Å²) in [5, 5.41) is 2.73. The summed E-state index contributed by atoms with van der Waals surface area (Å²) in [6.45, 7) is 0. The van der Waals surface area contributed by atoms with Crippen LogP contribution in [0.2, 0.25) is 0 Å². The van der Waals surface area contributed by atoms with Gasteiger partial charge in [-0.1, -0.05) is 18.2 Å². The highest BCUT2D eigenvalue weighted by Crippen LogP contribution is 2.39. The van der Waals surface area contributed by atoms with Crippen LogP contribution >= 0.6 is 0 Å². The number of pyridine rings is 1. The lowest BCUT2D eigenvalue weighted by Gasteiger charge is -2.15. The van der Waals surface area contributed by atoms with Gasteiger partial charge in [0, 0.05) is 29.3 Å². The van der Waals surface area contributed by atoms with E-state index < -0.39 is 17.6 Å². The molecule has 2 heterocycles. The fourth-order valence-corrected chi connectivity index (χ4v) is 3.57. The van der Waals surface area contributed by atoms with Gasteiger partial charge in [-0.3, -0.25) is 9.59 Å². The summed E-state index contributed by atoms with van der Waals surface area (Å²) in [5.74, 6) is -1.30. The first-order chi connectivity index (χ1) is 13.7. The standard InChI is InChI=1S/C21H18F4N2O2/c22-17-6-3-12(9-16(17)21(23,24)25)15(10-13-4-8-19(28)26-13)18-7-5-14(11-1-2-11)20(29)27-18/h3,5-7,9-11,13H,1-2,4,8H2,(H,26,28)(H,27,29)/t13-/m1/s1. The monoisotopic (exact) mass is 406 g/mol. The quantitative estimate of drug-likeness (QED) is 0.751. The lowest BCUT2D eigenvalue weighted by atomic mass is 9.96. The first kappa shape index (κ1) is 19.4. The van der Waals surface area contributed by atoms with Crippen molar-refractivity contribution in [3.8, 4) is 0 Å². The molecule has 1 aromatic carbocycles. The number of aromatic nitrogens is 1. The van der Waals surface area contributed by atoms with Crippen LogP contribution in [-0.2, 0) is 11.0 Å². The number of hydrogen-bond acceptors (Lipinski definition) is 2. The number of rotatable bonds is 4. The Kier molecular flexibility index (Phi) is 4.80. The summed E-state index contributed by atoms with van der Waals surface area (Å²) in [5.41, 5.74) is -0.285. The molecule has 4 nitrogen and oxygen atoms in total. The first-order valence-electron chi connectivity index (χ1n) is 9.34. The number of aromatic amines is 1. The molecule has 29 heavy (non-hydrogen) atoms. The molecule has 0 radical (unpaired) electrons. The molecule has 1 aliphatic heterocycles. The molecule has 1 atom stereocenters. The van der Waals surface area contributed by atoms with E-state index in [1.54, 1.807) is 18.2 Å². The van der Waals surface area contributed by atoms with Crippen LogP contribution in [0.25, 0.3) is 5.57 Å². The van der Waals surface area contributed by atoms with E-state index in [1.165, 1.54) is 6.07 Å². The van der Waals surface area contributed by atoms with Crippen LogP contribution in [0.1, 0.15) is 54.0 Å². The zero-order valence-electron chi connectivity index (χ0n) is 15.3. The smallest absolute Gasteiger partial charge is 0.350 e. The third kappa shape index (κ3) is 4.11. The van der Waals surface area contributed by atoms with E-state index in [9.17, 15) is 27.2 Å². The van der Waals surface area contributed by atoms with E-state index >= 15 is 0 Å². The Morgan fingerprint density at radius 2 is 1.83 bits per heavy atom. The van der Waals surface area contributed by atoms with Crippen molar-refractivity contribution in [1.82, 2.24) is 10.3 Å². The Morgan fingerprint density at radius 1 is 1.07 bits per heavy atom. The molecule has 1 aliphatic carbocycles. The summed E-state index contributed by atoms with van der Waals surface area (Å²) in [4.78, 5) is 26.7. The normalized spacial score (nSPS) is 20.1. The van der Waals surface area contributed by atoms with Gasteiger partial charge in [-0.15, -0.1) is 0 Å². The zero-order valence-corrected chi connectivity index (χ0v) is 15.3. The molecular weight excluding hydrogens is 388 g/mol. The van der Waals surface area contributed by atoms with Crippen LogP contribution in [0.4, 0.5) is 17.6 Å². The van der Waals surface area contributed by atoms with E-state index in [-0.39, 0.29) is 29.0 Å². The van der Waals surface area contributed by atoms with E-state index in [1.807, 2.05) is 0 Å². The van der Waals surface area contributed by atoms with Crippen LogP contribution in [0.15, 0.2) is 41.2 Å². The maximum absolute atomic E-state index is 13.7. The van der Waals surface area contributed by atoms with Crippen molar-refractivity contribution < 1.29 is 22.4 Å². The fraction of sp³-hybridized carbons (Fsp3) is 0.333. The van der Waals surface area contributed by atoms with E-state index in [0.717, 1.165) is 25.0 Å². The highest BCUT2D eigenvalue weighted by molar-refractivity contribution is 5.82. The Hall–Kier alpha value is -2.90. The molecule has 152 valence electrons. The number of carbonyl (C=O) groups is 1. The Labute approximate surface area is 163 Å². The molecular formula is C21H18F4N2O2. The molecule has 2 N–H and O–H groups in total. The second-order valence-corrected chi connectivity index (χ2v) is 7.42. The minimum Gasteiger partial charge on any atom is -0.350 e. The molecule has 4 rings (SSSR count). The van der Waals surface area contributed by atoms with E-state index in [2.05, 4.69) is 10.3 Å². The highest BCUT2D eigenvalue weighted by Gasteiger charge is 2.34. The largest absolute Gasteiger partial charge is 0.419 e. The molecule has 2 aliphatic rings. The predicted molar refractivity (Wildman–Crippen MR) is 98.7 cm³/mol. The van der Waals surface area contributed by atoms with Crippen LogP contribution < -0.4 is 10.9 Å². The van der Waals surface area contributed by atoms with Gasteiger partial charge in [0.15, 0.2) is 0 Å². The number of H-pyrrole nitrogens is 1. The van der Waals surface area contributed by atoms with Crippen LogP contribution in [0, 0.1) is 5.82 Å². The third-order valence-corrected chi connectivity index (χ3v) is 5.23. The van der Waals surface area contributed by atoms with Crippen LogP contribution in [0.3, 0.4) is 0 Å². The molecule has 1 saturated carbocycles. The average molecular weight is 406 g/mol. The predicted octanol–water partition coefficient (Wildman–Crippen LogP) is 4.12. The zero-order chi connectivity index (χ0) is 20.8. The summed E-state index contributed by atoms with van der Waals surface area (Å²) in [6.07, 6.45) is -0.572. The second kappa shape index (κ2) is 7.17. The number of amides is 1. The highest BCUT2D eigenvalue weighted by atomic mass is 19.4. The van der Waals surface area contributed by atoms with Crippen molar-refractivity contribution in [3.05, 3.63) is 75.0 Å².